The van der Waals surface area contributed by atoms with Gasteiger partial charge in [0.05, 0.1) is 12.7 Å². The van der Waals surface area contributed by atoms with Crippen LogP contribution in [0.5, 0.6) is 0 Å². The van der Waals surface area contributed by atoms with Crippen LogP contribution in [0.25, 0.3) is 0 Å². The maximum absolute atomic E-state index is 12.8. The average Bonchev–Trinajstić information content (AvgIpc) is 2.63. The molecule has 1 aliphatic heterocycles. The number of likely N-dealkylation sites (tertiary alicyclic amines) is 1. The Morgan fingerprint density at radius 2 is 1.86 bits per heavy atom. The zero-order valence-corrected chi connectivity index (χ0v) is 14.0. The number of rotatable bonds is 3. The second kappa shape index (κ2) is 5.73. The normalized spacial score (nSPS) is 24.4. The summed E-state index contributed by atoms with van der Waals surface area (Å²) in [5, 5.41) is 9.56. The van der Waals surface area contributed by atoms with Gasteiger partial charge in [-0.3, -0.25) is 4.79 Å². The highest BCUT2D eigenvalue weighted by Crippen LogP contribution is 2.42. The van der Waals surface area contributed by atoms with E-state index in [1.165, 1.54) is 0 Å². The molecular weight excluding hydrogens is 276 g/mol. The quantitative estimate of drug-likeness (QED) is 0.861. The van der Waals surface area contributed by atoms with Crippen molar-refractivity contribution in [3.63, 3.8) is 0 Å². The van der Waals surface area contributed by atoms with Gasteiger partial charge in [-0.25, -0.2) is 0 Å². The van der Waals surface area contributed by atoms with Gasteiger partial charge in [-0.15, -0.1) is 0 Å². The molecule has 1 amide bonds. The molecule has 0 unspecified atom stereocenters. The first-order valence-electron chi connectivity index (χ1n) is 7.58. The van der Waals surface area contributed by atoms with Gasteiger partial charge in [-0.05, 0) is 26.3 Å². The topological polar surface area (TPSA) is 53.3 Å². The van der Waals surface area contributed by atoms with Crippen molar-refractivity contribution >= 4 is 5.91 Å². The minimum absolute atomic E-state index is 0.0972. The molecular formula is C18H24N2O2. The first kappa shape index (κ1) is 16.5. The molecule has 22 heavy (non-hydrogen) atoms. The van der Waals surface area contributed by atoms with E-state index in [9.17, 15) is 10.1 Å². The van der Waals surface area contributed by atoms with Gasteiger partial charge in [-0.2, -0.15) is 5.26 Å². The van der Waals surface area contributed by atoms with Crippen molar-refractivity contribution in [3.8, 4) is 6.07 Å². The van der Waals surface area contributed by atoms with Crippen LogP contribution in [0, 0.1) is 16.7 Å². The van der Waals surface area contributed by atoms with E-state index in [-0.39, 0.29) is 5.91 Å². The molecule has 1 heterocycles. The van der Waals surface area contributed by atoms with Crippen LogP contribution >= 0.6 is 0 Å². The molecule has 0 radical (unpaired) electrons. The minimum atomic E-state index is -0.600. The largest absolute Gasteiger partial charge is 0.363 e. The highest BCUT2D eigenvalue weighted by molar-refractivity contribution is 5.86. The van der Waals surface area contributed by atoms with Crippen molar-refractivity contribution < 1.29 is 9.53 Å². The molecule has 0 aliphatic carbocycles. The Bertz CT molecular complexity index is 581. The fourth-order valence-electron chi connectivity index (χ4n) is 3.03. The highest BCUT2D eigenvalue weighted by Gasteiger charge is 2.57. The molecule has 2 atom stereocenters. The van der Waals surface area contributed by atoms with Gasteiger partial charge in [0.15, 0.2) is 0 Å². The lowest BCUT2D eigenvalue weighted by atomic mass is 9.82. The molecule has 0 spiro atoms. The SMILES string of the molecule is CC1(C)[C@H](OCc2ccccc2)C(=O)N(C(C)(C)C)[C@H]1C#N. The third kappa shape index (κ3) is 2.86. The first-order valence-corrected chi connectivity index (χ1v) is 7.58. The number of nitriles is 1. The first-order chi connectivity index (χ1) is 10.2. The molecule has 4 heteroatoms. The number of hydrogen-bond acceptors (Lipinski definition) is 3. The Kier molecular flexibility index (Phi) is 4.30. The maximum atomic E-state index is 12.8. The Labute approximate surface area is 132 Å². The summed E-state index contributed by atoms with van der Waals surface area (Å²) in [4.78, 5) is 14.5. The number of carbonyl (C=O) groups excluding carboxylic acids is 1. The lowest BCUT2D eigenvalue weighted by Crippen LogP contribution is -2.48. The molecule has 1 aromatic rings. The van der Waals surface area contributed by atoms with E-state index in [1.807, 2.05) is 65.0 Å². The molecule has 0 N–H and O–H groups in total. The molecule has 0 aromatic heterocycles. The molecule has 118 valence electrons. The summed E-state index contributed by atoms with van der Waals surface area (Å²) in [6, 6.07) is 11.6. The van der Waals surface area contributed by atoms with Crippen molar-refractivity contribution in [1.29, 1.82) is 5.26 Å². The van der Waals surface area contributed by atoms with E-state index >= 15 is 0 Å². The summed E-state index contributed by atoms with van der Waals surface area (Å²) in [5.41, 5.74) is 0.0712. The van der Waals surface area contributed by atoms with E-state index in [0.29, 0.717) is 6.61 Å². The van der Waals surface area contributed by atoms with Crippen molar-refractivity contribution in [2.24, 2.45) is 5.41 Å². The van der Waals surface area contributed by atoms with Gasteiger partial charge in [0, 0.05) is 11.0 Å². The summed E-state index contributed by atoms with van der Waals surface area (Å²) in [5.74, 6) is -0.0972. The summed E-state index contributed by atoms with van der Waals surface area (Å²) in [6.45, 7) is 10.1. The molecule has 1 aromatic carbocycles. The Balaban J connectivity index is 2.24. The van der Waals surface area contributed by atoms with Gasteiger partial charge in [0.25, 0.3) is 5.91 Å². The summed E-state index contributed by atoms with van der Waals surface area (Å²) >= 11 is 0. The zero-order chi connectivity index (χ0) is 16.5. The fraction of sp³-hybridized carbons (Fsp3) is 0.556. The van der Waals surface area contributed by atoms with Crippen LogP contribution in [0.1, 0.15) is 40.2 Å². The van der Waals surface area contributed by atoms with Crippen LogP contribution in [-0.4, -0.2) is 28.5 Å². The van der Waals surface area contributed by atoms with Gasteiger partial charge >= 0.3 is 0 Å². The number of carbonyl (C=O) groups is 1. The van der Waals surface area contributed by atoms with Crippen molar-refractivity contribution in [3.05, 3.63) is 35.9 Å². The minimum Gasteiger partial charge on any atom is -0.363 e. The maximum Gasteiger partial charge on any atom is 0.253 e. The Morgan fingerprint density at radius 3 is 2.32 bits per heavy atom. The Hall–Kier alpha value is -1.86. The zero-order valence-electron chi connectivity index (χ0n) is 14.0. The number of amides is 1. The van der Waals surface area contributed by atoms with E-state index < -0.39 is 23.1 Å². The van der Waals surface area contributed by atoms with E-state index in [1.54, 1.807) is 4.90 Å². The van der Waals surface area contributed by atoms with Gasteiger partial charge < -0.3 is 9.64 Å². The third-order valence-electron chi connectivity index (χ3n) is 4.20. The summed E-state index contributed by atoms with van der Waals surface area (Å²) < 4.78 is 5.93. The van der Waals surface area contributed by atoms with Crippen LogP contribution in [0.15, 0.2) is 30.3 Å². The van der Waals surface area contributed by atoms with Crippen LogP contribution in [0.2, 0.25) is 0 Å². The fourth-order valence-corrected chi connectivity index (χ4v) is 3.03. The lowest BCUT2D eigenvalue weighted by Gasteiger charge is -2.36. The van der Waals surface area contributed by atoms with Gasteiger partial charge in [-0.1, -0.05) is 44.2 Å². The molecule has 2 rings (SSSR count). The van der Waals surface area contributed by atoms with E-state index in [2.05, 4.69) is 6.07 Å². The molecule has 1 saturated heterocycles. The molecule has 4 nitrogen and oxygen atoms in total. The van der Waals surface area contributed by atoms with Gasteiger partial charge in [0.1, 0.15) is 12.1 Å². The Morgan fingerprint density at radius 1 is 1.27 bits per heavy atom. The summed E-state index contributed by atoms with van der Waals surface area (Å²) in [7, 11) is 0. The highest BCUT2D eigenvalue weighted by atomic mass is 16.5. The smallest absolute Gasteiger partial charge is 0.253 e. The van der Waals surface area contributed by atoms with Crippen LogP contribution in [0.4, 0.5) is 0 Å². The standard InChI is InChI=1S/C18H24N2O2/c1-17(2,3)20-14(11-19)18(4,5)15(16(20)21)22-12-13-9-7-6-8-10-13/h6-10,14-15H,12H2,1-5H3/t14-,15+/m0/s1. The van der Waals surface area contributed by atoms with Crippen LogP contribution in [0.3, 0.4) is 0 Å². The van der Waals surface area contributed by atoms with Crippen molar-refractivity contribution in [1.82, 2.24) is 4.90 Å². The molecule has 0 bridgehead atoms. The van der Waals surface area contributed by atoms with Crippen molar-refractivity contribution in [2.75, 3.05) is 0 Å². The predicted octanol–water partition coefficient (Wildman–Crippen LogP) is 3.13. The molecule has 1 fully saturated rings. The third-order valence-corrected chi connectivity index (χ3v) is 4.20. The lowest BCUT2D eigenvalue weighted by molar-refractivity contribution is -0.144. The van der Waals surface area contributed by atoms with E-state index in [0.717, 1.165) is 5.56 Å². The molecule has 1 aliphatic rings. The van der Waals surface area contributed by atoms with Crippen molar-refractivity contribution in [2.45, 2.75) is 58.9 Å². The molecule has 0 saturated carbocycles. The monoisotopic (exact) mass is 300 g/mol. The number of nitrogens with zero attached hydrogens (tertiary/aromatic N) is 2. The number of benzene rings is 1. The predicted molar refractivity (Wildman–Crippen MR) is 84.8 cm³/mol. The summed E-state index contributed by atoms with van der Waals surface area (Å²) in [6.07, 6.45) is -0.600. The van der Waals surface area contributed by atoms with Crippen LogP contribution < -0.4 is 0 Å². The number of ether oxygens (including phenoxy) is 1. The average molecular weight is 300 g/mol. The van der Waals surface area contributed by atoms with Gasteiger partial charge in [0.2, 0.25) is 0 Å². The number of hydrogen-bond donors (Lipinski definition) is 0. The van der Waals surface area contributed by atoms with E-state index in [4.69, 9.17) is 4.74 Å². The van der Waals surface area contributed by atoms with Crippen LogP contribution in [-0.2, 0) is 16.1 Å². The second-order valence-electron chi connectivity index (χ2n) is 7.41. The second-order valence-corrected chi connectivity index (χ2v) is 7.41.